The Bertz CT molecular complexity index is 152. The normalized spacial score (nSPS) is 23.8. The topological polar surface area (TPSA) is 29.5 Å². The van der Waals surface area contributed by atoms with Gasteiger partial charge < -0.3 is 9.84 Å². The van der Waals surface area contributed by atoms with E-state index in [4.69, 9.17) is 9.84 Å². The summed E-state index contributed by atoms with van der Waals surface area (Å²) in [5.74, 6) is 0. The van der Waals surface area contributed by atoms with Crippen molar-refractivity contribution in [1.29, 1.82) is 0 Å². The van der Waals surface area contributed by atoms with E-state index in [1.54, 1.807) is 0 Å². The Balaban J connectivity index is 2.18. The molecule has 1 aliphatic rings. The maximum Gasteiger partial charge on any atom is 0.0758 e. The Hall–Kier alpha value is -0.340. The number of hydrogen-bond acceptors (Lipinski definition) is 2. The van der Waals surface area contributed by atoms with E-state index >= 15 is 0 Å². The summed E-state index contributed by atoms with van der Waals surface area (Å²) < 4.78 is 5.54. The highest BCUT2D eigenvalue weighted by Gasteiger charge is 2.10. The number of aliphatic hydroxyl groups excluding tert-OH is 1. The fourth-order valence-corrected chi connectivity index (χ4v) is 1.44. The van der Waals surface area contributed by atoms with Gasteiger partial charge in [0, 0.05) is 6.61 Å². The summed E-state index contributed by atoms with van der Waals surface area (Å²) in [6.07, 6.45) is 6.61. The molecule has 0 amide bonds. The number of aliphatic hydroxyl groups is 1. The quantitative estimate of drug-likeness (QED) is 0.515. The minimum absolute atomic E-state index is 0.301. The molecule has 0 spiro atoms. The third-order valence-corrected chi connectivity index (χ3v) is 2.20. The molecule has 1 atom stereocenters. The van der Waals surface area contributed by atoms with Crippen LogP contribution >= 0.6 is 0 Å². The molecule has 0 bridgehead atoms. The van der Waals surface area contributed by atoms with Crippen molar-refractivity contribution in [3.8, 4) is 0 Å². The second kappa shape index (κ2) is 5.33. The molecule has 70 valence electrons. The van der Waals surface area contributed by atoms with Crippen LogP contribution in [0.3, 0.4) is 0 Å². The molecular formula is C10H18O2. The van der Waals surface area contributed by atoms with E-state index in [0.29, 0.717) is 12.7 Å². The summed E-state index contributed by atoms with van der Waals surface area (Å²) in [7, 11) is 0. The van der Waals surface area contributed by atoms with Crippen LogP contribution in [0.1, 0.15) is 32.6 Å². The van der Waals surface area contributed by atoms with Crippen LogP contribution in [0, 0.1) is 0 Å². The number of rotatable bonds is 4. The van der Waals surface area contributed by atoms with Crippen LogP contribution in [-0.4, -0.2) is 24.4 Å². The highest BCUT2D eigenvalue weighted by atomic mass is 16.5. The van der Waals surface area contributed by atoms with E-state index in [0.717, 1.165) is 32.3 Å². The Kier molecular flexibility index (Phi) is 4.33. The van der Waals surface area contributed by atoms with Gasteiger partial charge in [0.1, 0.15) is 0 Å². The van der Waals surface area contributed by atoms with E-state index < -0.39 is 0 Å². The molecule has 2 heteroatoms. The zero-order chi connectivity index (χ0) is 8.81. The molecular weight excluding hydrogens is 152 g/mol. The maximum absolute atomic E-state index is 8.59. The van der Waals surface area contributed by atoms with Gasteiger partial charge in [0.25, 0.3) is 0 Å². The van der Waals surface area contributed by atoms with E-state index in [1.807, 2.05) is 0 Å². The molecule has 1 unspecified atom stereocenters. The Morgan fingerprint density at radius 1 is 1.58 bits per heavy atom. The molecule has 0 radical (unpaired) electrons. The first-order valence-corrected chi connectivity index (χ1v) is 4.72. The average Bonchev–Trinajstić information content (AvgIpc) is 2.05. The summed E-state index contributed by atoms with van der Waals surface area (Å²) in [5.41, 5.74) is 1.44. The van der Waals surface area contributed by atoms with Gasteiger partial charge in [-0.15, -0.1) is 0 Å². The van der Waals surface area contributed by atoms with Crippen molar-refractivity contribution in [2.24, 2.45) is 0 Å². The lowest BCUT2D eigenvalue weighted by Crippen LogP contribution is -2.16. The van der Waals surface area contributed by atoms with Crippen LogP contribution in [0.4, 0.5) is 0 Å². The molecule has 1 aliphatic heterocycles. The summed E-state index contributed by atoms with van der Waals surface area (Å²) in [5, 5.41) is 8.59. The van der Waals surface area contributed by atoms with E-state index in [9.17, 15) is 0 Å². The van der Waals surface area contributed by atoms with Crippen LogP contribution < -0.4 is 0 Å². The summed E-state index contributed by atoms with van der Waals surface area (Å²) in [4.78, 5) is 0. The lowest BCUT2D eigenvalue weighted by atomic mass is 10.1. The van der Waals surface area contributed by atoms with Crippen LogP contribution in [0.15, 0.2) is 11.6 Å². The van der Waals surface area contributed by atoms with Crippen LogP contribution in [0.25, 0.3) is 0 Å². The predicted octanol–water partition coefficient (Wildman–Crippen LogP) is 1.88. The van der Waals surface area contributed by atoms with Crippen LogP contribution in [0.2, 0.25) is 0 Å². The van der Waals surface area contributed by atoms with E-state index in [1.165, 1.54) is 5.57 Å². The van der Waals surface area contributed by atoms with Gasteiger partial charge in [-0.3, -0.25) is 0 Å². The van der Waals surface area contributed by atoms with Gasteiger partial charge in [-0.1, -0.05) is 11.6 Å². The van der Waals surface area contributed by atoms with Crippen molar-refractivity contribution in [2.45, 2.75) is 38.7 Å². The summed E-state index contributed by atoms with van der Waals surface area (Å²) in [6.45, 7) is 3.32. The maximum atomic E-state index is 8.59. The van der Waals surface area contributed by atoms with E-state index in [-0.39, 0.29) is 0 Å². The molecule has 0 aromatic carbocycles. The highest BCUT2D eigenvalue weighted by Crippen LogP contribution is 2.16. The van der Waals surface area contributed by atoms with E-state index in [2.05, 4.69) is 13.0 Å². The second-order valence-corrected chi connectivity index (χ2v) is 3.39. The summed E-state index contributed by atoms with van der Waals surface area (Å²) in [6, 6.07) is 0. The molecule has 0 saturated heterocycles. The number of unbranched alkanes of at least 4 members (excludes halogenated alkanes) is 1. The molecule has 0 aromatic rings. The molecule has 2 nitrogen and oxygen atoms in total. The third kappa shape index (κ3) is 3.37. The highest BCUT2D eigenvalue weighted by molar-refractivity contribution is 5.04. The standard InChI is InChI=1S/C10H18O2/c1-9-5-7-12-10(8-9)4-2-3-6-11/h8,10-11H,2-7H2,1H3. The van der Waals surface area contributed by atoms with Crippen molar-refractivity contribution in [2.75, 3.05) is 13.2 Å². The van der Waals surface area contributed by atoms with Gasteiger partial charge in [0.15, 0.2) is 0 Å². The number of ether oxygens (including phenoxy) is 1. The average molecular weight is 170 g/mol. The van der Waals surface area contributed by atoms with Crippen molar-refractivity contribution < 1.29 is 9.84 Å². The summed E-state index contributed by atoms with van der Waals surface area (Å²) >= 11 is 0. The fourth-order valence-electron chi connectivity index (χ4n) is 1.44. The van der Waals surface area contributed by atoms with Crippen LogP contribution in [-0.2, 0) is 4.74 Å². The van der Waals surface area contributed by atoms with Gasteiger partial charge in [-0.25, -0.2) is 0 Å². The van der Waals surface area contributed by atoms with Crippen molar-refractivity contribution in [1.82, 2.24) is 0 Å². The molecule has 1 N–H and O–H groups in total. The molecule has 0 saturated carbocycles. The lowest BCUT2D eigenvalue weighted by Gasteiger charge is -2.20. The first kappa shape index (κ1) is 9.75. The van der Waals surface area contributed by atoms with Crippen LogP contribution in [0.5, 0.6) is 0 Å². The van der Waals surface area contributed by atoms with Gasteiger partial charge in [0.2, 0.25) is 0 Å². The Morgan fingerprint density at radius 2 is 2.42 bits per heavy atom. The monoisotopic (exact) mass is 170 g/mol. The van der Waals surface area contributed by atoms with Crippen molar-refractivity contribution >= 4 is 0 Å². The second-order valence-electron chi connectivity index (χ2n) is 3.39. The van der Waals surface area contributed by atoms with Gasteiger partial charge in [-0.2, -0.15) is 0 Å². The molecule has 1 heterocycles. The predicted molar refractivity (Wildman–Crippen MR) is 49.1 cm³/mol. The third-order valence-electron chi connectivity index (χ3n) is 2.20. The zero-order valence-electron chi connectivity index (χ0n) is 7.75. The fraction of sp³-hybridized carbons (Fsp3) is 0.800. The Morgan fingerprint density at radius 3 is 3.08 bits per heavy atom. The van der Waals surface area contributed by atoms with Gasteiger partial charge >= 0.3 is 0 Å². The smallest absolute Gasteiger partial charge is 0.0758 e. The molecule has 0 fully saturated rings. The SMILES string of the molecule is CC1=CC(CCCCO)OCC1. The zero-order valence-corrected chi connectivity index (χ0v) is 7.75. The van der Waals surface area contributed by atoms with Crippen molar-refractivity contribution in [3.05, 3.63) is 11.6 Å². The Labute approximate surface area is 74.2 Å². The number of hydrogen-bond donors (Lipinski definition) is 1. The van der Waals surface area contributed by atoms with Gasteiger partial charge in [0.05, 0.1) is 12.7 Å². The lowest BCUT2D eigenvalue weighted by molar-refractivity contribution is 0.0686. The molecule has 12 heavy (non-hydrogen) atoms. The van der Waals surface area contributed by atoms with Crippen molar-refractivity contribution in [3.63, 3.8) is 0 Å². The first-order valence-electron chi connectivity index (χ1n) is 4.72. The largest absolute Gasteiger partial charge is 0.396 e. The molecule has 1 rings (SSSR count). The first-order chi connectivity index (χ1) is 5.83. The minimum Gasteiger partial charge on any atom is -0.396 e. The molecule has 0 aliphatic carbocycles. The molecule has 0 aromatic heterocycles. The van der Waals surface area contributed by atoms with Gasteiger partial charge in [-0.05, 0) is 32.6 Å². The minimum atomic E-state index is 0.301.